The van der Waals surface area contributed by atoms with Crippen LogP contribution in [0.5, 0.6) is 0 Å². The molecular formula is C16H31N3O. The number of nitrogens with one attached hydrogen (secondary N) is 1. The van der Waals surface area contributed by atoms with E-state index < -0.39 is 0 Å². The highest BCUT2D eigenvalue weighted by Gasteiger charge is 2.59. The summed E-state index contributed by atoms with van der Waals surface area (Å²) in [5, 5.41) is 3.69. The van der Waals surface area contributed by atoms with Crippen molar-refractivity contribution >= 4 is 5.96 Å². The van der Waals surface area contributed by atoms with Crippen molar-refractivity contribution in [2.24, 2.45) is 10.4 Å². The standard InChI is InChI=1S/C16H31N3O/c1-5-7-11-19(4)15(17-3)18-13-12-14(20-6-2)16(13)9-8-10-16/h13-14H,5-12H2,1-4H3,(H,17,18). The summed E-state index contributed by atoms with van der Waals surface area (Å²) in [6.45, 7) is 6.24. The predicted molar refractivity (Wildman–Crippen MR) is 84.1 cm³/mol. The van der Waals surface area contributed by atoms with Gasteiger partial charge < -0.3 is 15.0 Å². The van der Waals surface area contributed by atoms with Crippen LogP contribution in [-0.4, -0.2) is 50.3 Å². The molecule has 0 bridgehead atoms. The van der Waals surface area contributed by atoms with Gasteiger partial charge in [-0.15, -0.1) is 0 Å². The highest BCUT2D eigenvalue weighted by molar-refractivity contribution is 5.80. The van der Waals surface area contributed by atoms with E-state index in [-0.39, 0.29) is 0 Å². The molecule has 1 spiro atoms. The molecule has 2 fully saturated rings. The molecule has 0 aromatic carbocycles. The van der Waals surface area contributed by atoms with Crippen LogP contribution in [0.4, 0.5) is 0 Å². The van der Waals surface area contributed by atoms with Gasteiger partial charge in [-0.2, -0.15) is 0 Å². The van der Waals surface area contributed by atoms with Gasteiger partial charge in [0, 0.05) is 38.7 Å². The summed E-state index contributed by atoms with van der Waals surface area (Å²) in [5.74, 6) is 1.05. The van der Waals surface area contributed by atoms with E-state index in [1.54, 1.807) is 0 Å². The second-order valence-corrected chi connectivity index (χ2v) is 6.29. The van der Waals surface area contributed by atoms with Crippen molar-refractivity contribution in [2.45, 2.75) is 64.5 Å². The Bertz CT molecular complexity index is 339. The summed E-state index contributed by atoms with van der Waals surface area (Å²) in [6, 6.07) is 0.551. The Kier molecular flexibility index (Phi) is 5.30. The average molecular weight is 281 g/mol. The van der Waals surface area contributed by atoms with E-state index >= 15 is 0 Å². The third-order valence-electron chi connectivity index (χ3n) is 5.16. The fourth-order valence-electron chi connectivity index (χ4n) is 3.64. The van der Waals surface area contributed by atoms with E-state index in [2.05, 4.69) is 36.1 Å². The second-order valence-electron chi connectivity index (χ2n) is 6.29. The Morgan fingerprint density at radius 2 is 2.15 bits per heavy atom. The number of hydrogen-bond donors (Lipinski definition) is 1. The van der Waals surface area contributed by atoms with Crippen LogP contribution in [0.25, 0.3) is 0 Å². The van der Waals surface area contributed by atoms with Gasteiger partial charge in [0.05, 0.1) is 6.10 Å². The predicted octanol–water partition coefficient (Wildman–Crippen LogP) is 2.64. The van der Waals surface area contributed by atoms with Crippen LogP contribution < -0.4 is 5.32 Å². The lowest BCUT2D eigenvalue weighted by Crippen LogP contribution is -2.68. The number of nitrogens with zero attached hydrogens (tertiary/aromatic N) is 2. The topological polar surface area (TPSA) is 36.9 Å². The van der Waals surface area contributed by atoms with Crippen molar-refractivity contribution in [3.63, 3.8) is 0 Å². The van der Waals surface area contributed by atoms with Crippen molar-refractivity contribution in [3.8, 4) is 0 Å². The fourth-order valence-corrected chi connectivity index (χ4v) is 3.64. The van der Waals surface area contributed by atoms with Gasteiger partial charge in [-0.1, -0.05) is 19.8 Å². The Hall–Kier alpha value is -0.770. The molecule has 2 unspecified atom stereocenters. The van der Waals surface area contributed by atoms with Gasteiger partial charge in [0.1, 0.15) is 0 Å². The van der Waals surface area contributed by atoms with E-state index in [4.69, 9.17) is 4.74 Å². The van der Waals surface area contributed by atoms with Gasteiger partial charge in [-0.25, -0.2) is 0 Å². The van der Waals surface area contributed by atoms with E-state index in [1.165, 1.54) is 32.1 Å². The normalized spacial score (nSPS) is 27.9. The summed E-state index contributed by atoms with van der Waals surface area (Å²) in [4.78, 5) is 6.70. The molecule has 0 amide bonds. The number of unbranched alkanes of at least 4 members (excludes halogenated alkanes) is 1. The van der Waals surface area contributed by atoms with Crippen molar-refractivity contribution in [1.82, 2.24) is 10.2 Å². The maximum Gasteiger partial charge on any atom is 0.193 e. The molecule has 0 aromatic heterocycles. The van der Waals surface area contributed by atoms with Crippen LogP contribution >= 0.6 is 0 Å². The van der Waals surface area contributed by atoms with E-state index in [0.717, 1.165) is 25.5 Å². The van der Waals surface area contributed by atoms with Crippen molar-refractivity contribution < 1.29 is 4.74 Å². The second kappa shape index (κ2) is 6.79. The van der Waals surface area contributed by atoms with Crippen LogP contribution in [0.1, 0.15) is 52.4 Å². The molecule has 1 N–H and O–H groups in total. The molecule has 20 heavy (non-hydrogen) atoms. The maximum atomic E-state index is 5.91. The molecule has 116 valence electrons. The minimum Gasteiger partial charge on any atom is -0.378 e. The molecule has 0 saturated heterocycles. The lowest BCUT2D eigenvalue weighted by molar-refractivity contribution is -0.168. The van der Waals surface area contributed by atoms with Crippen LogP contribution in [0, 0.1) is 5.41 Å². The van der Waals surface area contributed by atoms with Gasteiger partial charge >= 0.3 is 0 Å². The highest BCUT2D eigenvalue weighted by atomic mass is 16.5. The number of hydrogen-bond acceptors (Lipinski definition) is 2. The first-order chi connectivity index (χ1) is 9.67. The molecule has 4 heteroatoms. The Morgan fingerprint density at radius 3 is 2.65 bits per heavy atom. The Labute approximate surface area is 124 Å². The number of rotatable bonds is 6. The zero-order valence-electron chi connectivity index (χ0n) is 13.6. The van der Waals surface area contributed by atoms with E-state index in [0.29, 0.717) is 17.6 Å². The lowest BCUT2D eigenvalue weighted by Gasteiger charge is -2.61. The molecule has 2 aliphatic carbocycles. The van der Waals surface area contributed by atoms with Gasteiger partial charge in [-0.05, 0) is 32.6 Å². The fraction of sp³-hybridized carbons (Fsp3) is 0.938. The van der Waals surface area contributed by atoms with E-state index in [1.807, 2.05) is 7.05 Å². The first kappa shape index (κ1) is 15.6. The van der Waals surface area contributed by atoms with Crippen LogP contribution in [0.3, 0.4) is 0 Å². The van der Waals surface area contributed by atoms with Crippen molar-refractivity contribution in [3.05, 3.63) is 0 Å². The molecule has 2 atom stereocenters. The maximum absolute atomic E-state index is 5.91. The molecular weight excluding hydrogens is 250 g/mol. The van der Waals surface area contributed by atoms with Crippen LogP contribution in [-0.2, 0) is 4.74 Å². The monoisotopic (exact) mass is 281 g/mol. The summed E-state index contributed by atoms with van der Waals surface area (Å²) in [7, 11) is 4.02. The highest BCUT2D eigenvalue weighted by Crippen LogP contribution is 2.57. The number of ether oxygens (including phenoxy) is 1. The molecule has 2 saturated carbocycles. The largest absolute Gasteiger partial charge is 0.378 e. The Morgan fingerprint density at radius 1 is 1.40 bits per heavy atom. The lowest BCUT2D eigenvalue weighted by atomic mass is 9.51. The SMILES string of the molecule is CCCCN(C)C(=NC)NC1CC(OCC)C12CCC2. The number of guanidine groups is 1. The third-order valence-corrected chi connectivity index (χ3v) is 5.16. The summed E-state index contributed by atoms with van der Waals surface area (Å²) in [6.07, 6.45) is 8.02. The molecule has 0 aliphatic heterocycles. The zero-order chi connectivity index (χ0) is 14.6. The van der Waals surface area contributed by atoms with Crippen molar-refractivity contribution in [1.29, 1.82) is 0 Å². The summed E-state index contributed by atoms with van der Waals surface area (Å²) in [5.41, 5.74) is 0.400. The van der Waals surface area contributed by atoms with Gasteiger partial charge in [-0.3, -0.25) is 4.99 Å². The summed E-state index contributed by atoms with van der Waals surface area (Å²) >= 11 is 0. The average Bonchev–Trinajstić information content (AvgIpc) is 2.37. The first-order valence-corrected chi connectivity index (χ1v) is 8.24. The van der Waals surface area contributed by atoms with Crippen LogP contribution in [0.15, 0.2) is 4.99 Å². The molecule has 0 aromatic rings. The Balaban J connectivity index is 1.89. The summed E-state index contributed by atoms with van der Waals surface area (Å²) < 4.78 is 5.91. The third kappa shape index (κ3) is 2.80. The number of aliphatic imine (C=N–C) groups is 1. The smallest absolute Gasteiger partial charge is 0.193 e. The van der Waals surface area contributed by atoms with Gasteiger partial charge in [0.2, 0.25) is 0 Å². The molecule has 2 rings (SSSR count). The molecule has 0 radical (unpaired) electrons. The first-order valence-electron chi connectivity index (χ1n) is 8.24. The van der Waals surface area contributed by atoms with E-state index in [9.17, 15) is 0 Å². The minimum atomic E-state index is 0.400. The minimum absolute atomic E-state index is 0.400. The van der Waals surface area contributed by atoms with Gasteiger partial charge in [0.15, 0.2) is 5.96 Å². The zero-order valence-corrected chi connectivity index (χ0v) is 13.6. The molecule has 2 aliphatic rings. The quantitative estimate of drug-likeness (QED) is 0.601. The molecule has 0 heterocycles. The van der Waals surface area contributed by atoms with Crippen molar-refractivity contribution in [2.75, 3.05) is 27.2 Å². The van der Waals surface area contributed by atoms with Gasteiger partial charge in [0.25, 0.3) is 0 Å². The van der Waals surface area contributed by atoms with Crippen LogP contribution in [0.2, 0.25) is 0 Å². The molecule has 4 nitrogen and oxygen atoms in total.